The maximum atomic E-state index is 14.1. The van der Waals surface area contributed by atoms with Crippen molar-refractivity contribution in [2.75, 3.05) is 13.7 Å². The lowest BCUT2D eigenvalue weighted by molar-refractivity contribution is -0.112. The number of rotatable bonds is 5. The molecule has 0 radical (unpaired) electrons. The van der Waals surface area contributed by atoms with Crippen molar-refractivity contribution in [2.45, 2.75) is 44.4 Å². The number of halogens is 1. The van der Waals surface area contributed by atoms with Gasteiger partial charge in [-0.2, -0.15) is 0 Å². The number of nitrogens with one attached hydrogen (secondary N) is 1. The third kappa shape index (κ3) is 2.94. The molecule has 114 valence electrons. The third-order valence-corrected chi connectivity index (χ3v) is 4.30. The molecule has 1 aromatic carbocycles. The summed E-state index contributed by atoms with van der Waals surface area (Å²) in [6, 6.07) is 3.05. The van der Waals surface area contributed by atoms with Gasteiger partial charge in [0.25, 0.3) is 0 Å². The molecule has 0 aromatic heterocycles. The molecule has 1 saturated heterocycles. The zero-order chi connectivity index (χ0) is 15.0. The summed E-state index contributed by atoms with van der Waals surface area (Å²) < 4.78 is 24.6. The average molecular weight is 293 g/mol. The predicted molar refractivity (Wildman–Crippen MR) is 75.5 cm³/mol. The van der Waals surface area contributed by atoms with Crippen LogP contribution in [0.25, 0.3) is 0 Å². The summed E-state index contributed by atoms with van der Waals surface area (Å²) in [4.78, 5) is 11.6. The first kappa shape index (κ1) is 14.5. The summed E-state index contributed by atoms with van der Waals surface area (Å²) in [6.07, 6.45) is 3.11. The van der Waals surface area contributed by atoms with E-state index in [1.807, 2.05) is 6.92 Å². The minimum atomic E-state index is -0.630. The van der Waals surface area contributed by atoms with Crippen molar-refractivity contribution in [1.82, 2.24) is 5.32 Å². The van der Waals surface area contributed by atoms with Crippen LogP contribution >= 0.6 is 0 Å². The topological polar surface area (TPSA) is 47.6 Å². The van der Waals surface area contributed by atoms with Gasteiger partial charge in [0.05, 0.1) is 19.3 Å². The number of esters is 1. The molecule has 0 bridgehead atoms. The second-order valence-corrected chi connectivity index (χ2v) is 5.99. The molecule has 1 heterocycles. The first-order chi connectivity index (χ1) is 10.0. The Kier molecular flexibility index (Phi) is 3.71. The molecule has 0 amide bonds. The highest BCUT2D eigenvalue weighted by Gasteiger charge is 2.33. The number of hydrogen-bond acceptors (Lipinski definition) is 4. The van der Waals surface area contributed by atoms with E-state index in [0.29, 0.717) is 12.5 Å². The summed E-state index contributed by atoms with van der Waals surface area (Å²) in [7, 11) is 1.26. The molecule has 1 atom stereocenters. The third-order valence-electron chi connectivity index (χ3n) is 4.30. The molecule has 3 rings (SSSR count). The number of ether oxygens (including phenoxy) is 2. The van der Waals surface area contributed by atoms with Crippen molar-refractivity contribution in [3.8, 4) is 0 Å². The molecule has 2 fully saturated rings. The molecule has 1 unspecified atom stereocenters. The van der Waals surface area contributed by atoms with Gasteiger partial charge in [-0.1, -0.05) is 0 Å². The average Bonchev–Trinajstić information content (AvgIpc) is 3.26. The Balaban J connectivity index is 1.84. The van der Waals surface area contributed by atoms with Crippen molar-refractivity contribution in [3.05, 3.63) is 34.6 Å². The van der Waals surface area contributed by atoms with E-state index in [9.17, 15) is 9.18 Å². The lowest BCUT2D eigenvalue weighted by Gasteiger charge is -2.39. The van der Waals surface area contributed by atoms with Crippen molar-refractivity contribution < 1.29 is 18.7 Å². The lowest BCUT2D eigenvalue weighted by Crippen LogP contribution is -2.56. The molecule has 5 heteroatoms. The van der Waals surface area contributed by atoms with E-state index in [0.717, 1.165) is 36.9 Å². The molecule has 1 aliphatic heterocycles. The van der Waals surface area contributed by atoms with Crippen LogP contribution < -0.4 is 5.32 Å². The van der Waals surface area contributed by atoms with Crippen molar-refractivity contribution in [3.63, 3.8) is 0 Å². The van der Waals surface area contributed by atoms with E-state index in [2.05, 4.69) is 10.1 Å². The zero-order valence-electron chi connectivity index (χ0n) is 12.4. The number of hydrogen-bond donors (Lipinski definition) is 1. The van der Waals surface area contributed by atoms with Crippen molar-refractivity contribution in [1.29, 1.82) is 0 Å². The second kappa shape index (κ2) is 5.39. The zero-order valence-corrected chi connectivity index (χ0v) is 12.4. The molecule has 2 aliphatic rings. The molecule has 1 aliphatic carbocycles. The SMILES string of the molecule is COC(=O)c1cc(C2CC2)c(COC2(C)CCN2)cc1F. The van der Waals surface area contributed by atoms with Gasteiger partial charge < -0.3 is 9.47 Å². The van der Waals surface area contributed by atoms with Crippen LogP contribution in [0, 0.1) is 5.82 Å². The van der Waals surface area contributed by atoms with Gasteiger partial charge >= 0.3 is 5.97 Å². The van der Waals surface area contributed by atoms with E-state index in [-0.39, 0.29) is 11.3 Å². The Morgan fingerprint density at radius 1 is 1.48 bits per heavy atom. The fraction of sp³-hybridized carbons (Fsp3) is 0.562. The molecular weight excluding hydrogens is 273 g/mol. The monoisotopic (exact) mass is 293 g/mol. The predicted octanol–water partition coefficient (Wildman–Crippen LogP) is 2.72. The van der Waals surface area contributed by atoms with Crippen LogP contribution in [0.2, 0.25) is 0 Å². The Hall–Kier alpha value is -1.46. The number of methoxy groups -OCH3 is 1. The molecular formula is C16H20FNO3. The van der Waals surface area contributed by atoms with E-state index in [1.54, 1.807) is 6.07 Å². The summed E-state index contributed by atoms with van der Waals surface area (Å²) >= 11 is 0. The Bertz CT molecular complexity index is 565. The minimum Gasteiger partial charge on any atom is -0.465 e. The number of carbonyl (C=O) groups is 1. The van der Waals surface area contributed by atoms with Crippen LogP contribution in [0.5, 0.6) is 0 Å². The second-order valence-electron chi connectivity index (χ2n) is 5.99. The highest BCUT2D eigenvalue weighted by atomic mass is 19.1. The lowest BCUT2D eigenvalue weighted by atomic mass is 9.99. The van der Waals surface area contributed by atoms with Crippen LogP contribution in [0.4, 0.5) is 4.39 Å². The van der Waals surface area contributed by atoms with Crippen LogP contribution in [0.1, 0.15) is 53.6 Å². The highest BCUT2D eigenvalue weighted by molar-refractivity contribution is 5.90. The van der Waals surface area contributed by atoms with E-state index < -0.39 is 11.8 Å². The molecule has 21 heavy (non-hydrogen) atoms. The molecule has 1 saturated carbocycles. The van der Waals surface area contributed by atoms with E-state index in [1.165, 1.54) is 13.2 Å². The van der Waals surface area contributed by atoms with E-state index in [4.69, 9.17) is 4.74 Å². The van der Waals surface area contributed by atoms with Crippen LogP contribution in [-0.2, 0) is 16.1 Å². The van der Waals surface area contributed by atoms with Crippen molar-refractivity contribution >= 4 is 5.97 Å². The molecule has 1 aromatic rings. The van der Waals surface area contributed by atoms with Crippen molar-refractivity contribution in [2.24, 2.45) is 0 Å². The van der Waals surface area contributed by atoms with Gasteiger partial charge in [-0.25, -0.2) is 9.18 Å². The Morgan fingerprint density at radius 3 is 2.71 bits per heavy atom. The highest BCUT2D eigenvalue weighted by Crippen LogP contribution is 2.43. The van der Waals surface area contributed by atoms with Gasteiger partial charge in [-0.05, 0) is 48.9 Å². The van der Waals surface area contributed by atoms with E-state index >= 15 is 0 Å². The fourth-order valence-electron chi connectivity index (χ4n) is 2.63. The van der Waals surface area contributed by atoms with Gasteiger partial charge in [0.15, 0.2) is 0 Å². The van der Waals surface area contributed by atoms with Gasteiger partial charge in [0.2, 0.25) is 0 Å². The molecule has 1 N–H and O–H groups in total. The standard InChI is InChI=1S/C16H20FNO3/c1-16(5-6-18-16)21-9-11-7-14(17)13(15(19)20-2)8-12(11)10-3-4-10/h7-8,10,18H,3-6,9H2,1-2H3. The van der Waals surface area contributed by atoms with Gasteiger partial charge in [-0.15, -0.1) is 0 Å². The van der Waals surface area contributed by atoms with Crippen LogP contribution in [-0.4, -0.2) is 25.3 Å². The van der Waals surface area contributed by atoms with Gasteiger partial charge in [0, 0.05) is 13.0 Å². The first-order valence-electron chi connectivity index (χ1n) is 7.32. The van der Waals surface area contributed by atoms with Crippen LogP contribution in [0.15, 0.2) is 12.1 Å². The fourth-order valence-corrected chi connectivity index (χ4v) is 2.63. The maximum absolute atomic E-state index is 14.1. The summed E-state index contributed by atoms with van der Waals surface area (Å²) in [5.41, 5.74) is 1.55. The van der Waals surface area contributed by atoms with Gasteiger partial charge in [-0.3, -0.25) is 5.32 Å². The maximum Gasteiger partial charge on any atom is 0.340 e. The molecule has 4 nitrogen and oxygen atoms in total. The minimum absolute atomic E-state index is 0.0103. The smallest absolute Gasteiger partial charge is 0.340 e. The van der Waals surface area contributed by atoms with Crippen LogP contribution in [0.3, 0.4) is 0 Å². The quantitative estimate of drug-likeness (QED) is 0.848. The Morgan fingerprint density at radius 2 is 2.19 bits per heavy atom. The number of carbonyl (C=O) groups excluding carboxylic acids is 1. The summed E-state index contributed by atoms with van der Waals surface area (Å²) in [5.74, 6) is -0.763. The summed E-state index contributed by atoms with van der Waals surface area (Å²) in [5, 5.41) is 3.22. The number of benzene rings is 1. The molecule has 0 spiro atoms. The first-order valence-corrected chi connectivity index (χ1v) is 7.32. The normalized spacial score (nSPS) is 24.5. The Labute approximate surface area is 123 Å². The largest absolute Gasteiger partial charge is 0.465 e. The van der Waals surface area contributed by atoms with Gasteiger partial charge in [0.1, 0.15) is 11.5 Å². The summed E-state index contributed by atoms with van der Waals surface area (Å²) in [6.45, 7) is 3.29.